The third-order valence-corrected chi connectivity index (χ3v) is 5.56. The van der Waals surface area contributed by atoms with E-state index in [0.717, 1.165) is 47.2 Å². The molecule has 3 aromatic rings. The van der Waals surface area contributed by atoms with Crippen LogP contribution in [0.4, 0.5) is 5.69 Å². The molecule has 0 bridgehead atoms. The first-order valence-corrected chi connectivity index (χ1v) is 11.0. The Morgan fingerprint density at radius 3 is 2.74 bits per heavy atom. The highest BCUT2D eigenvalue weighted by Gasteiger charge is 2.18. The Morgan fingerprint density at radius 1 is 1.00 bits per heavy atom. The van der Waals surface area contributed by atoms with E-state index in [4.69, 9.17) is 4.74 Å². The van der Waals surface area contributed by atoms with Crippen LogP contribution in [0.25, 0.3) is 10.8 Å². The lowest BCUT2D eigenvalue weighted by molar-refractivity contribution is -0.133. The average Bonchev–Trinajstić information content (AvgIpc) is 2.79. The molecule has 1 heterocycles. The van der Waals surface area contributed by atoms with Crippen molar-refractivity contribution in [3.8, 4) is 5.75 Å². The number of nitrogens with zero attached hydrogens (tertiary/aromatic N) is 1. The Balaban J connectivity index is 1.25. The zero-order chi connectivity index (χ0) is 21.5. The number of rotatable bonds is 8. The maximum absolute atomic E-state index is 12.4. The van der Waals surface area contributed by atoms with Crippen LogP contribution < -0.4 is 10.1 Å². The Labute approximate surface area is 183 Å². The quantitative estimate of drug-likeness (QED) is 0.517. The molecule has 1 aliphatic rings. The molecule has 0 aromatic heterocycles. The van der Waals surface area contributed by atoms with Gasteiger partial charge in [-0.25, -0.2) is 0 Å². The van der Waals surface area contributed by atoms with E-state index >= 15 is 0 Å². The number of benzene rings is 3. The summed E-state index contributed by atoms with van der Waals surface area (Å²) in [4.78, 5) is 26.3. The smallest absolute Gasteiger partial charge is 0.224 e. The molecule has 0 unspecified atom stereocenters. The first kappa shape index (κ1) is 20.9. The monoisotopic (exact) mass is 416 g/mol. The number of carbonyl (C=O) groups is 2. The van der Waals surface area contributed by atoms with Gasteiger partial charge in [0.15, 0.2) is 0 Å². The second kappa shape index (κ2) is 10.1. The molecular weight excluding hydrogens is 388 g/mol. The Morgan fingerprint density at radius 2 is 1.84 bits per heavy atom. The van der Waals surface area contributed by atoms with Crippen molar-refractivity contribution in [1.82, 2.24) is 4.90 Å². The third-order valence-electron chi connectivity index (χ3n) is 5.56. The SMILES string of the molecule is O=C(CCCOc1cccc2ccccc12)Nc1cccc(CN2CCCCC2=O)c1. The molecule has 1 aliphatic heterocycles. The lowest BCUT2D eigenvalue weighted by Gasteiger charge is -2.26. The summed E-state index contributed by atoms with van der Waals surface area (Å²) in [5, 5.41) is 5.19. The van der Waals surface area contributed by atoms with Crippen molar-refractivity contribution in [1.29, 1.82) is 0 Å². The van der Waals surface area contributed by atoms with Crippen LogP contribution in [0.1, 0.15) is 37.7 Å². The Kier molecular flexibility index (Phi) is 6.82. The van der Waals surface area contributed by atoms with Gasteiger partial charge in [-0.1, -0.05) is 48.5 Å². The Bertz CT molecular complexity index is 1060. The maximum Gasteiger partial charge on any atom is 0.224 e. The average molecular weight is 417 g/mol. The molecule has 5 heteroatoms. The summed E-state index contributed by atoms with van der Waals surface area (Å²) in [6.45, 7) is 1.89. The summed E-state index contributed by atoms with van der Waals surface area (Å²) in [7, 11) is 0. The second-order valence-corrected chi connectivity index (χ2v) is 7.95. The number of anilines is 1. The summed E-state index contributed by atoms with van der Waals surface area (Å²) in [6, 6.07) is 21.9. The van der Waals surface area contributed by atoms with E-state index in [1.165, 1.54) is 0 Å². The molecule has 0 saturated carbocycles. The number of likely N-dealkylation sites (tertiary alicyclic amines) is 1. The number of fused-ring (bicyclic) bond motifs is 1. The molecule has 0 aliphatic carbocycles. The highest BCUT2D eigenvalue weighted by molar-refractivity contribution is 5.91. The molecular formula is C26H28N2O3. The standard InChI is InChI=1S/C26H28N2O3/c29-25(14-7-17-31-24-13-6-10-21-9-1-2-12-23(21)24)27-22-11-5-8-20(18-22)19-28-16-4-3-15-26(28)30/h1-2,5-6,8-13,18H,3-4,7,14-17,19H2,(H,27,29). The van der Waals surface area contributed by atoms with Crippen molar-refractivity contribution in [2.24, 2.45) is 0 Å². The van der Waals surface area contributed by atoms with Crippen LogP contribution in [-0.2, 0) is 16.1 Å². The molecule has 0 spiro atoms. The van der Waals surface area contributed by atoms with Crippen molar-refractivity contribution in [2.45, 2.75) is 38.6 Å². The largest absolute Gasteiger partial charge is 0.493 e. The summed E-state index contributed by atoms with van der Waals surface area (Å²) < 4.78 is 5.92. The minimum absolute atomic E-state index is 0.0345. The van der Waals surface area contributed by atoms with Gasteiger partial charge in [0.1, 0.15) is 5.75 Å². The fourth-order valence-electron chi connectivity index (χ4n) is 3.96. The van der Waals surface area contributed by atoms with Crippen LogP contribution >= 0.6 is 0 Å². The molecule has 1 N–H and O–H groups in total. The van der Waals surface area contributed by atoms with Crippen molar-refractivity contribution < 1.29 is 14.3 Å². The topological polar surface area (TPSA) is 58.6 Å². The number of amides is 2. The van der Waals surface area contributed by atoms with Crippen LogP contribution in [0.3, 0.4) is 0 Å². The number of nitrogens with one attached hydrogen (secondary N) is 1. The number of carbonyl (C=O) groups excluding carboxylic acids is 2. The summed E-state index contributed by atoms with van der Waals surface area (Å²) >= 11 is 0. The molecule has 3 aromatic carbocycles. The Hall–Kier alpha value is -3.34. The van der Waals surface area contributed by atoms with Gasteiger partial charge in [0, 0.05) is 37.0 Å². The van der Waals surface area contributed by atoms with Crippen molar-refractivity contribution in [3.63, 3.8) is 0 Å². The zero-order valence-corrected chi connectivity index (χ0v) is 17.7. The van der Waals surface area contributed by atoms with Crippen molar-refractivity contribution in [3.05, 3.63) is 72.3 Å². The maximum atomic E-state index is 12.4. The van der Waals surface area contributed by atoms with E-state index in [1.807, 2.05) is 59.5 Å². The third kappa shape index (κ3) is 5.63. The molecule has 160 valence electrons. The van der Waals surface area contributed by atoms with Crippen LogP contribution in [-0.4, -0.2) is 29.9 Å². The van der Waals surface area contributed by atoms with E-state index in [0.29, 0.717) is 32.4 Å². The lowest BCUT2D eigenvalue weighted by atomic mass is 10.1. The summed E-state index contributed by atoms with van der Waals surface area (Å²) in [5.41, 5.74) is 1.80. The highest BCUT2D eigenvalue weighted by atomic mass is 16.5. The number of hydrogen-bond donors (Lipinski definition) is 1. The molecule has 0 radical (unpaired) electrons. The normalized spacial score (nSPS) is 13.9. The number of piperidine rings is 1. The number of hydrogen-bond acceptors (Lipinski definition) is 3. The van der Waals surface area contributed by atoms with Crippen LogP contribution in [0.2, 0.25) is 0 Å². The minimum atomic E-state index is -0.0345. The predicted molar refractivity (Wildman–Crippen MR) is 123 cm³/mol. The van der Waals surface area contributed by atoms with Gasteiger partial charge in [0.2, 0.25) is 11.8 Å². The fourth-order valence-corrected chi connectivity index (χ4v) is 3.96. The van der Waals surface area contributed by atoms with Gasteiger partial charge in [-0.3, -0.25) is 9.59 Å². The summed E-state index contributed by atoms with van der Waals surface area (Å²) in [6.07, 6.45) is 3.70. The van der Waals surface area contributed by atoms with Crippen LogP contribution in [0.5, 0.6) is 5.75 Å². The molecule has 1 fully saturated rings. The number of ether oxygens (including phenoxy) is 1. The zero-order valence-electron chi connectivity index (χ0n) is 17.7. The second-order valence-electron chi connectivity index (χ2n) is 7.95. The van der Waals surface area contributed by atoms with Gasteiger partial charge in [-0.05, 0) is 48.4 Å². The van der Waals surface area contributed by atoms with E-state index in [-0.39, 0.29) is 11.8 Å². The fraction of sp³-hybridized carbons (Fsp3) is 0.308. The lowest BCUT2D eigenvalue weighted by Crippen LogP contribution is -2.34. The molecule has 2 amide bonds. The van der Waals surface area contributed by atoms with Gasteiger partial charge in [0.25, 0.3) is 0 Å². The first-order chi connectivity index (χ1) is 15.2. The molecule has 31 heavy (non-hydrogen) atoms. The van der Waals surface area contributed by atoms with Gasteiger partial charge >= 0.3 is 0 Å². The van der Waals surface area contributed by atoms with Crippen molar-refractivity contribution in [2.75, 3.05) is 18.5 Å². The molecule has 5 nitrogen and oxygen atoms in total. The van der Waals surface area contributed by atoms with Crippen LogP contribution in [0, 0.1) is 0 Å². The van der Waals surface area contributed by atoms with Crippen molar-refractivity contribution >= 4 is 28.3 Å². The van der Waals surface area contributed by atoms with E-state index in [1.54, 1.807) is 0 Å². The van der Waals surface area contributed by atoms with Gasteiger partial charge in [-0.15, -0.1) is 0 Å². The van der Waals surface area contributed by atoms with E-state index < -0.39 is 0 Å². The molecule has 4 rings (SSSR count). The molecule has 1 saturated heterocycles. The minimum Gasteiger partial charge on any atom is -0.493 e. The van der Waals surface area contributed by atoms with Gasteiger partial charge in [0.05, 0.1) is 6.61 Å². The first-order valence-electron chi connectivity index (χ1n) is 11.0. The predicted octanol–water partition coefficient (Wildman–Crippen LogP) is 5.15. The van der Waals surface area contributed by atoms with E-state index in [2.05, 4.69) is 17.4 Å². The highest BCUT2D eigenvalue weighted by Crippen LogP contribution is 2.25. The van der Waals surface area contributed by atoms with Crippen LogP contribution in [0.15, 0.2) is 66.7 Å². The van der Waals surface area contributed by atoms with Gasteiger partial charge < -0.3 is 15.0 Å². The van der Waals surface area contributed by atoms with Gasteiger partial charge in [-0.2, -0.15) is 0 Å². The molecule has 0 atom stereocenters. The summed E-state index contributed by atoms with van der Waals surface area (Å²) in [5.74, 6) is 1.03. The van der Waals surface area contributed by atoms with E-state index in [9.17, 15) is 9.59 Å².